The van der Waals surface area contributed by atoms with E-state index in [1.54, 1.807) is 0 Å². The number of nitrogens with two attached hydrogens (primary N) is 1. The molecule has 16 heavy (non-hydrogen) atoms. The summed E-state index contributed by atoms with van der Waals surface area (Å²) in [6, 6.07) is 0. The van der Waals surface area contributed by atoms with Gasteiger partial charge in [-0.15, -0.1) is 10.2 Å². The number of hydrogen-bond donors (Lipinski definition) is 2. The largest absolute Gasteiger partial charge is 0.357 e. The van der Waals surface area contributed by atoms with Gasteiger partial charge in [0.25, 0.3) is 0 Å². The maximum Gasteiger partial charge on any atom is 0.224 e. The first-order valence-electron chi connectivity index (χ1n) is 6.03. The van der Waals surface area contributed by atoms with E-state index < -0.39 is 0 Å². The van der Waals surface area contributed by atoms with Crippen LogP contribution in [0.15, 0.2) is 0 Å². The molecule has 5 heteroatoms. The van der Waals surface area contributed by atoms with E-state index in [2.05, 4.69) is 20.1 Å². The lowest BCUT2D eigenvalue weighted by molar-refractivity contribution is 0.322. The summed E-state index contributed by atoms with van der Waals surface area (Å²) in [7, 11) is 3.90. The van der Waals surface area contributed by atoms with E-state index in [-0.39, 0.29) is 0 Å². The number of nitrogens with one attached hydrogen (secondary N) is 1. The summed E-state index contributed by atoms with van der Waals surface area (Å²) in [6.07, 6.45) is 4.83. The first-order valence-corrected chi connectivity index (χ1v) is 6.03. The molecule has 1 fully saturated rings. The van der Waals surface area contributed by atoms with Crippen molar-refractivity contribution >= 4 is 5.95 Å². The van der Waals surface area contributed by atoms with Crippen LogP contribution in [0.4, 0.5) is 5.95 Å². The summed E-state index contributed by atoms with van der Waals surface area (Å²) in [5.41, 5.74) is 5.70. The van der Waals surface area contributed by atoms with Gasteiger partial charge in [-0.2, -0.15) is 0 Å². The smallest absolute Gasteiger partial charge is 0.224 e. The van der Waals surface area contributed by atoms with Crippen LogP contribution in [0.25, 0.3) is 0 Å². The fraction of sp³-hybridized carbons (Fsp3) is 0.818. The van der Waals surface area contributed by atoms with Crippen LogP contribution in [0, 0.1) is 5.92 Å². The lowest BCUT2D eigenvalue weighted by Gasteiger charge is -2.26. The van der Waals surface area contributed by atoms with Gasteiger partial charge in [0.2, 0.25) is 5.95 Å². The Morgan fingerprint density at radius 3 is 2.50 bits per heavy atom. The van der Waals surface area contributed by atoms with Gasteiger partial charge >= 0.3 is 0 Å². The Hall–Kier alpha value is -1.10. The molecule has 2 rings (SSSR count). The van der Waals surface area contributed by atoms with E-state index in [1.165, 1.54) is 25.7 Å². The molecule has 3 N–H and O–H groups in total. The van der Waals surface area contributed by atoms with Gasteiger partial charge in [0.05, 0.1) is 0 Å². The first kappa shape index (κ1) is 11.4. The molecule has 90 valence electrons. The summed E-state index contributed by atoms with van der Waals surface area (Å²) < 4.78 is 2.06. The lowest BCUT2D eigenvalue weighted by atomic mass is 9.81. The molecule has 1 aromatic heterocycles. The molecule has 0 aliphatic heterocycles. The third kappa shape index (κ3) is 2.04. The second-order valence-electron chi connectivity index (χ2n) is 4.64. The predicted molar refractivity (Wildman–Crippen MR) is 64.3 cm³/mol. The van der Waals surface area contributed by atoms with Gasteiger partial charge in [-0.05, 0) is 38.1 Å². The van der Waals surface area contributed by atoms with Crippen molar-refractivity contribution in [2.75, 3.05) is 18.9 Å². The van der Waals surface area contributed by atoms with E-state index in [0.717, 1.165) is 18.3 Å². The Bertz CT molecular complexity index is 338. The Morgan fingerprint density at radius 1 is 1.31 bits per heavy atom. The van der Waals surface area contributed by atoms with Crippen LogP contribution in [-0.4, -0.2) is 28.4 Å². The van der Waals surface area contributed by atoms with Crippen LogP contribution in [0.2, 0.25) is 0 Å². The molecule has 0 aromatic carbocycles. The van der Waals surface area contributed by atoms with Crippen molar-refractivity contribution < 1.29 is 0 Å². The Balaban J connectivity index is 2.05. The fourth-order valence-electron chi connectivity index (χ4n) is 2.57. The fourth-order valence-corrected chi connectivity index (χ4v) is 2.57. The summed E-state index contributed by atoms with van der Waals surface area (Å²) >= 11 is 0. The third-order valence-corrected chi connectivity index (χ3v) is 3.68. The van der Waals surface area contributed by atoms with Crippen LogP contribution >= 0.6 is 0 Å². The number of aromatic nitrogens is 3. The van der Waals surface area contributed by atoms with Gasteiger partial charge in [0.1, 0.15) is 5.82 Å². The zero-order valence-corrected chi connectivity index (χ0v) is 10.1. The Labute approximate surface area is 96.4 Å². The van der Waals surface area contributed by atoms with E-state index >= 15 is 0 Å². The summed E-state index contributed by atoms with van der Waals surface area (Å²) in [5, 5.41) is 11.5. The molecule has 0 bridgehead atoms. The van der Waals surface area contributed by atoms with Gasteiger partial charge in [-0.25, -0.2) is 0 Å². The summed E-state index contributed by atoms with van der Waals surface area (Å²) in [6.45, 7) is 0.827. The van der Waals surface area contributed by atoms with E-state index in [1.807, 2.05) is 14.1 Å². The van der Waals surface area contributed by atoms with Gasteiger partial charge in [-0.1, -0.05) is 0 Å². The molecule has 0 saturated heterocycles. The van der Waals surface area contributed by atoms with Crippen LogP contribution in [-0.2, 0) is 7.05 Å². The molecule has 1 saturated carbocycles. The highest BCUT2D eigenvalue weighted by molar-refractivity contribution is 5.25. The maximum atomic E-state index is 5.70. The zero-order valence-electron chi connectivity index (χ0n) is 10.1. The highest BCUT2D eigenvalue weighted by atomic mass is 15.3. The van der Waals surface area contributed by atoms with Crippen molar-refractivity contribution in [1.29, 1.82) is 0 Å². The number of hydrogen-bond acceptors (Lipinski definition) is 4. The van der Waals surface area contributed by atoms with E-state index in [4.69, 9.17) is 5.73 Å². The standard InChI is InChI=1S/C11H21N5/c1-13-11-15-14-10(16(11)2)9-5-3-8(7-12)4-6-9/h8-9H,3-7,12H2,1-2H3,(H,13,15). The molecular weight excluding hydrogens is 202 g/mol. The SMILES string of the molecule is CNc1nnc(C2CCC(CN)CC2)n1C. The number of rotatable bonds is 3. The molecule has 0 spiro atoms. The van der Waals surface area contributed by atoms with Crippen LogP contribution in [0.1, 0.15) is 37.4 Å². The Kier molecular flexibility index (Phi) is 3.43. The summed E-state index contributed by atoms with van der Waals surface area (Å²) in [5.74, 6) is 3.23. The molecule has 5 nitrogen and oxygen atoms in total. The van der Waals surface area contributed by atoms with Crippen LogP contribution in [0.3, 0.4) is 0 Å². The molecular formula is C11H21N5. The van der Waals surface area contributed by atoms with Crippen molar-refractivity contribution in [3.05, 3.63) is 5.82 Å². The highest BCUT2D eigenvalue weighted by Crippen LogP contribution is 2.34. The minimum atomic E-state index is 0.558. The molecule has 1 aliphatic rings. The van der Waals surface area contributed by atoms with Crippen LogP contribution < -0.4 is 11.1 Å². The van der Waals surface area contributed by atoms with Gasteiger partial charge in [0.15, 0.2) is 0 Å². The van der Waals surface area contributed by atoms with Crippen molar-refractivity contribution in [3.8, 4) is 0 Å². The molecule has 0 amide bonds. The molecule has 0 atom stereocenters. The normalized spacial score (nSPS) is 25.7. The van der Waals surface area contributed by atoms with E-state index in [0.29, 0.717) is 11.8 Å². The van der Waals surface area contributed by atoms with Crippen LogP contribution in [0.5, 0.6) is 0 Å². The number of anilines is 1. The van der Waals surface area contributed by atoms with Gasteiger partial charge in [-0.3, -0.25) is 0 Å². The molecule has 1 aliphatic carbocycles. The number of nitrogens with zero attached hydrogens (tertiary/aromatic N) is 3. The summed E-state index contributed by atoms with van der Waals surface area (Å²) in [4.78, 5) is 0. The van der Waals surface area contributed by atoms with Gasteiger partial charge < -0.3 is 15.6 Å². The average Bonchev–Trinajstić information content (AvgIpc) is 2.70. The monoisotopic (exact) mass is 223 g/mol. The van der Waals surface area contributed by atoms with Crippen molar-refractivity contribution in [1.82, 2.24) is 14.8 Å². The lowest BCUT2D eigenvalue weighted by Crippen LogP contribution is -2.22. The Morgan fingerprint density at radius 2 is 2.00 bits per heavy atom. The molecule has 1 aromatic rings. The second-order valence-corrected chi connectivity index (χ2v) is 4.64. The topological polar surface area (TPSA) is 68.8 Å². The zero-order chi connectivity index (χ0) is 11.5. The maximum absolute atomic E-state index is 5.70. The van der Waals surface area contributed by atoms with Gasteiger partial charge in [0, 0.05) is 20.0 Å². The minimum absolute atomic E-state index is 0.558. The van der Waals surface area contributed by atoms with Crippen molar-refractivity contribution in [2.24, 2.45) is 18.7 Å². The van der Waals surface area contributed by atoms with Crippen molar-refractivity contribution in [2.45, 2.75) is 31.6 Å². The first-order chi connectivity index (χ1) is 7.76. The molecule has 0 unspecified atom stereocenters. The minimum Gasteiger partial charge on any atom is -0.357 e. The van der Waals surface area contributed by atoms with E-state index in [9.17, 15) is 0 Å². The highest BCUT2D eigenvalue weighted by Gasteiger charge is 2.25. The second kappa shape index (κ2) is 4.82. The predicted octanol–water partition coefficient (Wildman–Crippen LogP) is 1.09. The quantitative estimate of drug-likeness (QED) is 0.805. The average molecular weight is 223 g/mol. The third-order valence-electron chi connectivity index (χ3n) is 3.68. The molecule has 0 radical (unpaired) electrons. The van der Waals surface area contributed by atoms with Crippen molar-refractivity contribution in [3.63, 3.8) is 0 Å². The molecule has 1 heterocycles.